The van der Waals surface area contributed by atoms with E-state index in [4.69, 9.17) is 4.52 Å². The maximum atomic E-state index is 5.00. The van der Waals surface area contributed by atoms with Crippen molar-refractivity contribution >= 4 is 0 Å². The average Bonchev–Trinajstić information content (AvgIpc) is 2.63. The van der Waals surface area contributed by atoms with Gasteiger partial charge in [-0.3, -0.25) is 0 Å². The molecule has 0 spiro atoms. The molecule has 0 aliphatic carbocycles. The Labute approximate surface area is 84.0 Å². The summed E-state index contributed by atoms with van der Waals surface area (Å²) >= 11 is 0. The number of piperidine rings is 1. The Balaban J connectivity index is 1.76. The average molecular weight is 195 g/mol. The van der Waals surface area contributed by atoms with Crippen LogP contribution < -0.4 is 10.6 Å². The number of hydrogen-bond donors (Lipinski definition) is 2. The summed E-state index contributed by atoms with van der Waals surface area (Å²) in [7, 11) is 0. The molecule has 0 radical (unpaired) electrons. The highest BCUT2D eigenvalue weighted by Crippen LogP contribution is 2.05. The molecule has 1 aromatic rings. The van der Waals surface area contributed by atoms with Crippen LogP contribution in [0.1, 0.15) is 24.3 Å². The minimum Gasteiger partial charge on any atom is -0.361 e. The summed E-state index contributed by atoms with van der Waals surface area (Å²) in [5.74, 6) is 0.882. The van der Waals surface area contributed by atoms with E-state index in [9.17, 15) is 0 Å². The van der Waals surface area contributed by atoms with Gasteiger partial charge >= 0.3 is 0 Å². The summed E-state index contributed by atoms with van der Waals surface area (Å²) in [5.41, 5.74) is 1.00. The van der Waals surface area contributed by atoms with Gasteiger partial charge in [0.1, 0.15) is 5.76 Å². The normalized spacial score (nSPS) is 18.6. The first-order chi connectivity index (χ1) is 6.84. The van der Waals surface area contributed by atoms with Crippen molar-refractivity contribution in [3.05, 3.63) is 17.5 Å². The second-order valence-corrected chi connectivity index (χ2v) is 3.83. The number of rotatable bonds is 3. The molecule has 0 unspecified atom stereocenters. The predicted octanol–water partition coefficient (Wildman–Crippen LogP) is 0.825. The molecular weight excluding hydrogens is 178 g/mol. The monoisotopic (exact) mass is 195 g/mol. The summed E-state index contributed by atoms with van der Waals surface area (Å²) in [5, 5.41) is 10.8. The van der Waals surface area contributed by atoms with Crippen molar-refractivity contribution in [2.24, 2.45) is 0 Å². The van der Waals surface area contributed by atoms with Crippen LogP contribution in [0.2, 0.25) is 0 Å². The predicted molar refractivity (Wildman–Crippen MR) is 54.0 cm³/mol. The largest absolute Gasteiger partial charge is 0.361 e. The first kappa shape index (κ1) is 9.68. The molecule has 0 aromatic carbocycles. The minimum absolute atomic E-state index is 0.633. The van der Waals surface area contributed by atoms with E-state index >= 15 is 0 Å². The van der Waals surface area contributed by atoms with Crippen LogP contribution in [-0.4, -0.2) is 24.3 Å². The molecule has 2 heterocycles. The van der Waals surface area contributed by atoms with Gasteiger partial charge in [0.05, 0.1) is 5.69 Å². The van der Waals surface area contributed by atoms with Crippen LogP contribution >= 0.6 is 0 Å². The third-order valence-electron chi connectivity index (χ3n) is 2.59. The highest BCUT2D eigenvalue weighted by molar-refractivity contribution is 5.03. The molecule has 2 rings (SSSR count). The van der Waals surface area contributed by atoms with E-state index in [0.717, 1.165) is 31.1 Å². The lowest BCUT2D eigenvalue weighted by molar-refractivity contribution is 0.366. The van der Waals surface area contributed by atoms with E-state index in [0.29, 0.717) is 6.04 Å². The standard InChI is InChI=1S/C10H17N3O/c1-8-6-10(13-14-8)7-12-9-2-4-11-5-3-9/h6,9,11-12H,2-5,7H2,1H3. The van der Waals surface area contributed by atoms with Crippen molar-refractivity contribution in [1.29, 1.82) is 0 Å². The van der Waals surface area contributed by atoms with Gasteiger partial charge in [-0.15, -0.1) is 0 Å². The zero-order chi connectivity index (χ0) is 9.80. The maximum absolute atomic E-state index is 5.00. The molecule has 1 saturated heterocycles. The number of hydrogen-bond acceptors (Lipinski definition) is 4. The summed E-state index contributed by atoms with van der Waals surface area (Å²) in [6.07, 6.45) is 2.41. The number of nitrogens with zero attached hydrogens (tertiary/aromatic N) is 1. The molecule has 1 aromatic heterocycles. The highest BCUT2D eigenvalue weighted by Gasteiger charge is 2.12. The van der Waals surface area contributed by atoms with Crippen molar-refractivity contribution in [1.82, 2.24) is 15.8 Å². The van der Waals surface area contributed by atoms with E-state index in [2.05, 4.69) is 15.8 Å². The Hall–Kier alpha value is -0.870. The zero-order valence-electron chi connectivity index (χ0n) is 8.55. The molecule has 78 valence electrons. The van der Waals surface area contributed by atoms with Crippen LogP contribution in [0.5, 0.6) is 0 Å². The van der Waals surface area contributed by atoms with Crippen LogP contribution in [0.4, 0.5) is 0 Å². The fourth-order valence-electron chi connectivity index (χ4n) is 1.78. The lowest BCUT2D eigenvalue weighted by atomic mass is 10.1. The van der Waals surface area contributed by atoms with E-state index < -0.39 is 0 Å². The quantitative estimate of drug-likeness (QED) is 0.750. The summed E-state index contributed by atoms with van der Waals surface area (Å²) in [6.45, 7) is 4.98. The summed E-state index contributed by atoms with van der Waals surface area (Å²) in [4.78, 5) is 0. The molecule has 1 aliphatic heterocycles. The Bertz CT molecular complexity index is 279. The van der Waals surface area contributed by atoms with Gasteiger partial charge < -0.3 is 15.2 Å². The molecule has 2 N–H and O–H groups in total. The van der Waals surface area contributed by atoms with Crippen molar-refractivity contribution in [2.75, 3.05) is 13.1 Å². The number of aromatic nitrogens is 1. The molecule has 0 saturated carbocycles. The first-order valence-corrected chi connectivity index (χ1v) is 5.21. The van der Waals surface area contributed by atoms with Crippen LogP contribution in [0.3, 0.4) is 0 Å². The Kier molecular flexibility index (Phi) is 3.16. The molecular formula is C10H17N3O. The van der Waals surface area contributed by atoms with Crippen LogP contribution in [0.25, 0.3) is 0 Å². The molecule has 0 atom stereocenters. The van der Waals surface area contributed by atoms with Gasteiger partial charge in [0.15, 0.2) is 0 Å². The third kappa shape index (κ3) is 2.56. The van der Waals surface area contributed by atoms with E-state index in [1.54, 1.807) is 0 Å². The zero-order valence-corrected chi connectivity index (χ0v) is 8.55. The molecule has 14 heavy (non-hydrogen) atoms. The lowest BCUT2D eigenvalue weighted by Gasteiger charge is -2.23. The van der Waals surface area contributed by atoms with Crippen LogP contribution in [0.15, 0.2) is 10.6 Å². The van der Waals surface area contributed by atoms with Gasteiger partial charge in [-0.05, 0) is 32.9 Å². The van der Waals surface area contributed by atoms with E-state index in [1.807, 2.05) is 13.0 Å². The molecule has 0 bridgehead atoms. The molecule has 0 amide bonds. The number of aryl methyl sites for hydroxylation is 1. The second kappa shape index (κ2) is 4.57. The van der Waals surface area contributed by atoms with Crippen molar-refractivity contribution in [3.63, 3.8) is 0 Å². The van der Waals surface area contributed by atoms with E-state index in [-0.39, 0.29) is 0 Å². The minimum atomic E-state index is 0.633. The van der Waals surface area contributed by atoms with Gasteiger partial charge in [0.2, 0.25) is 0 Å². The highest BCUT2D eigenvalue weighted by atomic mass is 16.5. The van der Waals surface area contributed by atoms with Gasteiger partial charge in [-0.1, -0.05) is 5.16 Å². The van der Waals surface area contributed by atoms with Crippen LogP contribution in [0, 0.1) is 6.92 Å². The van der Waals surface area contributed by atoms with Gasteiger partial charge in [0, 0.05) is 18.7 Å². The topological polar surface area (TPSA) is 50.1 Å². The van der Waals surface area contributed by atoms with Crippen molar-refractivity contribution in [2.45, 2.75) is 32.4 Å². The maximum Gasteiger partial charge on any atom is 0.133 e. The third-order valence-corrected chi connectivity index (χ3v) is 2.59. The fourth-order valence-corrected chi connectivity index (χ4v) is 1.78. The van der Waals surface area contributed by atoms with Gasteiger partial charge in [-0.2, -0.15) is 0 Å². The Morgan fingerprint density at radius 1 is 1.57 bits per heavy atom. The van der Waals surface area contributed by atoms with Crippen LogP contribution in [-0.2, 0) is 6.54 Å². The fraction of sp³-hybridized carbons (Fsp3) is 0.700. The molecule has 4 nitrogen and oxygen atoms in total. The lowest BCUT2D eigenvalue weighted by Crippen LogP contribution is -2.39. The SMILES string of the molecule is Cc1cc(CNC2CCNCC2)no1. The molecule has 4 heteroatoms. The second-order valence-electron chi connectivity index (χ2n) is 3.83. The summed E-state index contributed by atoms with van der Waals surface area (Å²) < 4.78 is 5.00. The Morgan fingerprint density at radius 3 is 3.00 bits per heavy atom. The summed E-state index contributed by atoms with van der Waals surface area (Å²) in [6, 6.07) is 2.61. The smallest absolute Gasteiger partial charge is 0.133 e. The van der Waals surface area contributed by atoms with Gasteiger partial charge in [-0.25, -0.2) is 0 Å². The molecule has 1 aliphatic rings. The Morgan fingerprint density at radius 2 is 2.36 bits per heavy atom. The number of nitrogens with one attached hydrogen (secondary N) is 2. The van der Waals surface area contributed by atoms with Crippen molar-refractivity contribution < 1.29 is 4.52 Å². The first-order valence-electron chi connectivity index (χ1n) is 5.21. The van der Waals surface area contributed by atoms with Gasteiger partial charge in [0.25, 0.3) is 0 Å². The van der Waals surface area contributed by atoms with E-state index in [1.165, 1.54) is 12.8 Å². The molecule has 1 fully saturated rings. The van der Waals surface area contributed by atoms with Crippen molar-refractivity contribution in [3.8, 4) is 0 Å².